The van der Waals surface area contributed by atoms with Gasteiger partial charge >= 0.3 is 0 Å². The first-order chi connectivity index (χ1) is 6.27. The summed E-state index contributed by atoms with van der Waals surface area (Å²) in [7, 11) is 1.85. The summed E-state index contributed by atoms with van der Waals surface area (Å²) in [5, 5.41) is 4.30. The van der Waals surface area contributed by atoms with E-state index >= 15 is 0 Å². The van der Waals surface area contributed by atoms with E-state index in [1.165, 1.54) is 12.8 Å². The van der Waals surface area contributed by atoms with Crippen molar-refractivity contribution >= 4 is 5.82 Å². The molecule has 0 bridgehead atoms. The van der Waals surface area contributed by atoms with Crippen LogP contribution in [0.4, 0.5) is 5.82 Å². The number of hydrogen-bond acceptors (Lipinski definition) is 3. The largest absolute Gasteiger partial charge is 0.384 e. The van der Waals surface area contributed by atoms with Gasteiger partial charge in [-0.2, -0.15) is 5.10 Å². The van der Waals surface area contributed by atoms with Crippen LogP contribution in [0.2, 0.25) is 0 Å². The van der Waals surface area contributed by atoms with E-state index in [-0.39, 0.29) is 6.10 Å². The molecule has 0 radical (unpaired) electrons. The van der Waals surface area contributed by atoms with Crippen LogP contribution in [0.25, 0.3) is 0 Å². The number of anilines is 1. The lowest BCUT2D eigenvalue weighted by Crippen LogP contribution is -2.12. The molecule has 0 aliphatic carbocycles. The minimum atomic E-state index is 0.164. The van der Waals surface area contributed by atoms with E-state index in [0.29, 0.717) is 5.82 Å². The Bertz CT molecular complexity index is 270. The second kappa shape index (κ2) is 3.38. The molecule has 4 nitrogen and oxygen atoms in total. The Balaban J connectivity index is 2.14. The summed E-state index contributed by atoms with van der Waals surface area (Å²) in [6.07, 6.45) is 3.62. The number of rotatable bonds is 1. The van der Waals surface area contributed by atoms with Crippen LogP contribution in [-0.2, 0) is 11.8 Å². The number of aromatic nitrogens is 2. The summed E-state index contributed by atoms with van der Waals surface area (Å²) >= 11 is 0. The molecule has 0 spiro atoms. The van der Waals surface area contributed by atoms with Crippen LogP contribution in [0, 0.1) is 0 Å². The molecule has 4 heteroatoms. The van der Waals surface area contributed by atoms with Crippen molar-refractivity contribution in [3.8, 4) is 0 Å². The summed E-state index contributed by atoms with van der Waals surface area (Å²) in [6.45, 7) is 0.848. The second-order valence-corrected chi connectivity index (χ2v) is 3.47. The fraction of sp³-hybridized carbons (Fsp3) is 0.667. The molecule has 13 heavy (non-hydrogen) atoms. The Morgan fingerprint density at radius 3 is 3.00 bits per heavy atom. The van der Waals surface area contributed by atoms with E-state index in [4.69, 9.17) is 10.5 Å². The highest BCUT2D eigenvalue weighted by Gasteiger charge is 2.19. The zero-order chi connectivity index (χ0) is 9.26. The lowest BCUT2D eigenvalue weighted by Gasteiger charge is -2.20. The Hall–Kier alpha value is -1.03. The van der Waals surface area contributed by atoms with Gasteiger partial charge in [-0.15, -0.1) is 0 Å². The van der Waals surface area contributed by atoms with E-state index in [9.17, 15) is 0 Å². The first kappa shape index (κ1) is 8.56. The minimum absolute atomic E-state index is 0.164. The van der Waals surface area contributed by atoms with Crippen molar-refractivity contribution in [1.29, 1.82) is 0 Å². The van der Waals surface area contributed by atoms with E-state index in [0.717, 1.165) is 18.7 Å². The van der Waals surface area contributed by atoms with Crippen molar-refractivity contribution in [2.24, 2.45) is 7.05 Å². The SMILES string of the molecule is Cn1nc(C2CCCCO2)cc1N. The van der Waals surface area contributed by atoms with Gasteiger partial charge in [0.25, 0.3) is 0 Å². The van der Waals surface area contributed by atoms with E-state index in [1.54, 1.807) is 4.68 Å². The summed E-state index contributed by atoms with van der Waals surface area (Å²) < 4.78 is 7.29. The fourth-order valence-electron chi connectivity index (χ4n) is 1.64. The van der Waals surface area contributed by atoms with Crippen molar-refractivity contribution in [3.63, 3.8) is 0 Å². The van der Waals surface area contributed by atoms with Gasteiger partial charge in [0.05, 0.1) is 5.69 Å². The normalized spacial score (nSPS) is 23.3. The van der Waals surface area contributed by atoms with Crippen LogP contribution in [0.3, 0.4) is 0 Å². The van der Waals surface area contributed by atoms with E-state index < -0.39 is 0 Å². The van der Waals surface area contributed by atoms with Gasteiger partial charge in [0.1, 0.15) is 11.9 Å². The van der Waals surface area contributed by atoms with Crippen LogP contribution in [0.5, 0.6) is 0 Å². The molecule has 1 aromatic heterocycles. The van der Waals surface area contributed by atoms with Crippen LogP contribution >= 0.6 is 0 Å². The Kier molecular flexibility index (Phi) is 2.22. The monoisotopic (exact) mass is 181 g/mol. The quantitative estimate of drug-likeness (QED) is 0.709. The van der Waals surface area contributed by atoms with Gasteiger partial charge in [-0.3, -0.25) is 4.68 Å². The van der Waals surface area contributed by atoms with Crippen molar-refractivity contribution in [2.75, 3.05) is 12.3 Å². The molecule has 1 fully saturated rings. The molecule has 2 heterocycles. The molecule has 0 amide bonds. The molecule has 2 N–H and O–H groups in total. The van der Waals surface area contributed by atoms with Crippen LogP contribution in [-0.4, -0.2) is 16.4 Å². The smallest absolute Gasteiger partial charge is 0.121 e. The first-order valence-electron chi connectivity index (χ1n) is 4.68. The highest BCUT2D eigenvalue weighted by molar-refractivity contribution is 5.31. The number of hydrogen-bond donors (Lipinski definition) is 1. The predicted octanol–water partition coefficient (Wildman–Crippen LogP) is 1.24. The second-order valence-electron chi connectivity index (χ2n) is 3.47. The van der Waals surface area contributed by atoms with Crippen LogP contribution in [0.15, 0.2) is 6.07 Å². The van der Waals surface area contributed by atoms with Gasteiger partial charge in [-0.05, 0) is 19.3 Å². The van der Waals surface area contributed by atoms with Gasteiger partial charge in [0.15, 0.2) is 0 Å². The zero-order valence-electron chi connectivity index (χ0n) is 7.86. The Morgan fingerprint density at radius 2 is 2.46 bits per heavy atom. The standard InChI is InChI=1S/C9H15N3O/c1-12-9(10)6-7(11-12)8-4-2-3-5-13-8/h6,8H,2-5,10H2,1H3. The highest BCUT2D eigenvalue weighted by Crippen LogP contribution is 2.27. The molecule has 1 aliphatic rings. The zero-order valence-corrected chi connectivity index (χ0v) is 7.86. The van der Waals surface area contributed by atoms with Crippen molar-refractivity contribution < 1.29 is 4.74 Å². The third kappa shape index (κ3) is 1.67. The maximum atomic E-state index is 5.69. The molecular weight excluding hydrogens is 166 g/mol. The first-order valence-corrected chi connectivity index (χ1v) is 4.68. The van der Waals surface area contributed by atoms with Gasteiger partial charge < -0.3 is 10.5 Å². The fourth-order valence-corrected chi connectivity index (χ4v) is 1.64. The van der Waals surface area contributed by atoms with Gasteiger partial charge in [0.2, 0.25) is 0 Å². The number of nitrogen functional groups attached to an aromatic ring is 1. The number of nitrogens with two attached hydrogens (primary N) is 1. The maximum Gasteiger partial charge on any atom is 0.121 e. The molecule has 1 atom stereocenters. The summed E-state index contributed by atoms with van der Waals surface area (Å²) in [6, 6.07) is 1.90. The molecule has 2 rings (SSSR count). The van der Waals surface area contributed by atoms with Crippen molar-refractivity contribution in [1.82, 2.24) is 9.78 Å². The van der Waals surface area contributed by atoms with Gasteiger partial charge in [-0.25, -0.2) is 0 Å². The predicted molar refractivity (Wildman–Crippen MR) is 50.2 cm³/mol. The Labute approximate surface area is 77.7 Å². The highest BCUT2D eigenvalue weighted by atomic mass is 16.5. The molecular formula is C9H15N3O. The van der Waals surface area contributed by atoms with Crippen molar-refractivity contribution in [2.45, 2.75) is 25.4 Å². The number of aryl methyl sites for hydroxylation is 1. The summed E-state index contributed by atoms with van der Waals surface area (Å²) in [5.74, 6) is 0.698. The molecule has 1 aromatic rings. The van der Waals surface area contributed by atoms with Crippen molar-refractivity contribution in [3.05, 3.63) is 11.8 Å². The average molecular weight is 181 g/mol. The molecule has 1 unspecified atom stereocenters. The molecule has 0 aromatic carbocycles. The third-order valence-corrected chi connectivity index (χ3v) is 2.44. The van der Waals surface area contributed by atoms with Crippen LogP contribution < -0.4 is 5.73 Å². The molecule has 1 aliphatic heterocycles. The summed E-state index contributed by atoms with van der Waals surface area (Å²) in [5.41, 5.74) is 6.66. The van der Waals surface area contributed by atoms with E-state index in [2.05, 4.69) is 5.10 Å². The lowest BCUT2D eigenvalue weighted by atomic mass is 10.1. The average Bonchev–Trinajstić information content (AvgIpc) is 2.49. The number of nitrogens with zero attached hydrogens (tertiary/aromatic N) is 2. The third-order valence-electron chi connectivity index (χ3n) is 2.44. The lowest BCUT2D eigenvalue weighted by molar-refractivity contribution is 0.0120. The number of ether oxygens (including phenoxy) is 1. The van der Waals surface area contributed by atoms with Crippen LogP contribution in [0.1, 0.15) is 31.1 Å². The molecule has 72 valence electrons. The summed E-state index contributed by atoms with van der Waals surface area (Å²) in [4.78, 5) is 0. The van der Waals surface area contributed by atoms with Gasteiger partial charge in [0, 0.05) is 19.7 Å². The minimum Gasteiger partial charge on any atom is -0.384 e. The maximum absolute atomic E-state index is 5.69. The topological polar surface area (TPSA) is 53.1 Å². The molecule has 1 saturated heterocycles. The molecule has 0 saturated carbocycles. The van der Waals surface area contributed by atoms with Gasteiger partial charge in [-0.1, -0.05) is 0 Å². The Morgan fingerprint density at radius 1 is 1.62 bits per heavy atom. The van der Waals surface area contributed by atoms with E-state index in [1.807, 2.05) is 13.1 Å².